The van der Waals surface area contributed by atoms with E-state index < -0.39 is 29.8 Å². The van der Waals surface area contributed by atoms with E-state index >= 15 is 0 Å². The molecule has 0 amide bonds. The molecule has 0 radical (unpaired) electrons. The Labute approximate surface area is 210 Å². The first-order valence-electron chi connectivity index (χ1n) is 11.7. The third kappa shape index (κ3) is 6.08. The molecule has 0 saturated heterocycles. The zero-order valence-electron chi connectivity index (χ0n) is 19.7. The highest BCUT2D eigenvalue weighted by Gasteiger charge is 2.54. The van der Waals surface area contributed by atoms with Crippen molar-refractivity contribution in [3.63, 3.8) is 0 Å². The average molecular weight is 505 g/mol. The minimum atomic E-state index is -2.88. The number of aromatic nitrogens is 2. The Morgan fingerprint density at radius 3 is 2.46 bits per heavy atom. The number of hydrogen-bond donors (Lipinski definition) is 1. The first-order valence-corrected chi connectivity index (χ1v) is 11.7. The number of aryl methyl sites for hydroxylation is 1. The van der Waals surface area contributed by atoms with Crippen molar-refractivity contribution in [3.05, 3.63) is 90.0 Å². The van der Waals surface area contributed by atoms with Gasteiger partial charge in [0.05, 0.1) is 13.2 Å². The highest BCUT2D eigenvalue weighted by atomic mass is 35.5. The van der Waals surface area contributed by atoms with Gasteiger partial charge < -0.3 is 22.3 Å². The molecule has 3 aromatic rings. The quantitative estimate of drug-likeness (QED) is 0.272. The standard InChI is InChI=1S/C27H31F2N2O3.ClH/c1-21-30(16-17-31(21)20-22-9-4-2-5-10-22)15-8-18-34-25(32)27(33,23-11-6-3-7-12-23)24-13-14-26(28,29)19-24;/h2-7,9-12,16-17,24,33H,8,13-15,18-20H2,1H3;1H/q+1;/p-1/t24-,27+;/m1./s1. The zero-order valence-corrected chi connectivity index (χ0v) is 20.5. The van der Waals surface area contributed by atoms with E-state index in [9.17, 15) is 18.7 Å². The third-order valence-electron chi connectivity index (χ3n) is 6.75. The fourth-order valence-electron chi connectivity index (χ4n) is 4.75. The summed E-state index contributed by atoms with van der Waals surface area (Å²) in [7, 11) is 0. The summed E-state index contributed by atoms with van der Waals surface area (Å²) in [4.78, 5) is 13.0. The Morgan fingerprint density at radius 2 is 1.83 bits per heavy atom. The van der Waals surface area contributed by atoms with E-state index in [4.69, 9.17) is 4.74 Å². The molecule has 2 atom stereocenters. The van der Waals surface area contributed by atoms with Gasteiger partial charge in [-0.2, -0.15) is 0 Å². The van der Waals surface area contributed by atoms with Gasteiger partial charge in [-0.1, -0.05) is 60.7 Å². The molecule has 0 aliphatic heterocycles. The average Bonchev–Trinajstić information content (AvgIpc) is 3.39. The number of carbonyl (C=O) groups is 1. The summed E-state index contributed by atoms with van der Waals surface area (Å²) in [5.41, 5.74) is -0.575. The second-order valence-electron chi connectivity index (χ2n) is 9.07. The summed E-state index contributed by atoms with van der Waals surface area (Å²) in [5, 5.41) is 11.4. The molecule has 1 aliphatic carbocycles. The molecular weight excluding hydrogens is 474 g/mol. The Bertz CT molecular complexity index is 1110. The van der Waals surface area contributed by atoms with E-state index in [2.05, 4.69) is 21.3 Å². The van der Waals surface area contributed by atoms with Crippen LogP contribution in [0.25, 0.3) is 0 Å². The van der Waals surface area contributed by atoms with E-state index in [1.807, 2.05) is 37.5 Å². The number of benzene rings is 2. The lowest BCUT2D eigenvalue weighted by molar-refractivity contribution is -0.694. The van der Waals surface area contributed by atoms with Crippen LogP contribution in [0.3, 0.4) is 0 Å². The van der Waals surface area contributed by atoms with Crippen LogP contribution in [-0.4, -0.2) is 28.2 Å². The van der Waals surface area contributed by atoms with Gasteiger partial charge in [0.2, 0.25) is 5.92 Å². The van der Waals surface area contributed by atoms with Gasteiger partial charge >= 0.3 is 5.97 Å². The van der Waals surface area contributed by atoms with Crippen molar-refractivity contribution in [2.24, 2.45) is 5.92 Å². The molecule has 1 N–H and O–H groups in total. The Hall–Kier alpha value is -2.77. The van der Waals surface area contributed by atoms with E-state index in [1.54, 1.807) is 30.3 Å². The van der Waals surface area contributed by atoms with Gasteiger partial charge in [0.25, 0.3) is 5.82 Å². The van der Waals surface area contributed by atoms with Crippen LogP contribution < -0.4 is 17.0 Å². The lowest BCUT2D eigenvalue weighted by Crippen LogP contribution is -3.00. The highest BCUT2D eigenvalue weighted by molar-refractivity contribution is 5.81. The molecule has 2 aromatic carbocycles. The molecule has 188 valence electrons. The maximum absolute atomic E-state index is 13.9. The van der Waals surface area contributed by atoms with Crippen LogP contribution in [0, 0.1) is 12.8 Å². The highest BCUT2D eigenvalue weighted by Crippen LogP contribution is 2.47. The number of esters is 1. The minimum Gasteiger partial charge on any atom is -1.00 e. The van der Waals surface area contributed by atoms with Crippen molar-refractivity contribution in [2.75, 3.05) is 6.61 Å². The summed E-state index contributed by atoms with van der Waals surface area (Å²) in [5.74, 6) is -3.55. The van der Waals surface area contributed by atoms with Crippen LogP contribution in [0.1, 0.15) is 42.6 Å². The summed E-state index contributed by atoms with van der Waals surface area (Å²) in [6.07, 6.45) is 3.74. The molecule has 1 heterocycles. The number of ether oxygens (including phenoxy) is 1. The fraction of sp³-hybridized carbons (Fsp3) is 0.407. The predicted molar refractivity (Wildman–Crippen MR) is 123 cm³/mol. The second-order valence-corrected chi connectivity index (χ2v) is 9.07. The normalized spacial score (nSPS) is 18.5. The zero-order chi connectivity index (χ0) is 24.2. The van der Waals surface area contributed by atoms with Crippen molar-refractivity contribution in [2.45, 2.75) is 57.2 Å². The number of rotatable bonds is 9. The number of hydrogen-bond acceptors (Lipinski definition) is 3. The number of imidazole rings is 1. The minimum absolute atomic E-state index is 0. The summed E-state index contributed by atoms with van der Waals surface area (Å²) in [6, 6.07) is 18.5. The maximum atomic E-state index is 13.9. The predicted octanol–water partition coefficient (Wildman–Crippen LogP) is 1.39. The van der Waals surface area contributed by atoms with Gasteiger partial charge in [-0.25, -0.2) is 22.7 Å². The largest absolute Gasteiger partial charge is 1.00 e. The van der Waals surface area contributed by atoms with Gasteiger partial charge in [0.15, 0.2) is 5.60 Å². The van der Waals surface area contributed by atoms with Gasteiger partial charge in [0, 0.05) is 32.1 Å². The van der Waals surface area contributed by atoms with Crippen LogP contribution in [-0.2, 0) is 28.2 Å². The van der Waals surface area contributed by atoms with Crippen molar-refractivity contribution in [3.8, 4) is 0 Å². The molecule has 0 unspecified atom stereocenters. The molecule has 0 bridgehead atoms. The maximum Gasteiger partial charge on any atom is 0.343 e. The molecule has 5 nitrogen and oxygen atoms in total. The number of nitrogens with zero attached hydrogens (tertiary/aromatic N) is 2. The fourth-order valence-corrected chi connectivity index (χ4v) is 4.75. The molecule has 35 heavy (non-hydrogen) atoms. The number of alkyl halides is 2. The summed E-state index contributed by atoms with van der Waals surface area (Å²) < 4.78 is 37.5. The smallest absolute Gasteiger partial charge is 0.343 e. The van der Waals surface area contributed by atoms with E-state index in [1.165, 1.54) is 5.56 Å². The van der Waals surface area contributed by atoms with E-state index in [0.29, 0.717) is 18.5 Å². The molecular formula is C27H31ClF2N2O3. The first kappa shape index (κ1) is 26.8. The van der Waals surface area contributed by atoms with Crippen molar-refractivity contribution in [1.82, 2.24) is 4.57 Å². The van der Waals surface area contributed by atoms with Crippen LogP contribution in [0.4, 0.5) is 8.78 Å². The van der Waals surface area contributed by atoms with Crippen LogP contribution >= 0.6 is 0 Å². The van der Waals surface area contributed by atoms with Gasteiger partial charge in [-0.05, 0) is 17.5 Å². The van der Waals surface area contributed by atoms with Crippen molar-refractivity contribution >= 4 is 5.97 Å². The molecule has 1 aromatic heterocycles. The molecule has 1 fully saturated rings. The Balaban J connectivity index is 0.00000342. The lowest BCUT2D eigenvalue weighted by Gasteiger charge is -2.32. The SMILES string of the molecule is Cc1n(CCCOC(=O)[C@](O)(c2ccccc2)[C@@H]2CCC(F)(F)C2)cc[n+]1Cc1ccccc1.[Cl-]. The topological polar surface area (TPSA) is 55.3 Å². The number of halogens is 3. The lowest BCUT2D eigenvalue weighted by atomic mass is 9.80. The van der Waals surface area contributed by atoms with E-state index in [0.717, 1.165) is 12.4 Å². The van der Waals surface area contributed by atoms with Crippen LogP contribution in [0.2, 0.25) is 0 Å². The third-order valence-corrected chi connectivity index (χ3v) is 6.75. The van der Waals surface area contributed by atoms with Crippen LogP contribution in [0.5, 0.6) is 0 Å². The van der Waals surface area contributed by atoms with Gasteiger partial charge in [0.1, 0.15) is 18.9 Å². The molecule has 4 rings (SSSR count). The monoisotopic (exact) mass is 504 g/mol. The second kappa shape index (κ2) is 11.3. The first-order chi connectivity index (χ1) is 16.3. The van der Waals surface area contributed by atoms with Crippen LogP contribution in [0.15, 0.2) is 73.1 Å². The number of aliphatic hydroxyl groups is 1. The number of carbonyl (C=O) groups excluding carboxylic acids is 1. The molecule has 1 saturated carbocycles. The Kier molecular flexibility index (Phi) is 8.67. The molecule has 0 spiro atoms. The van der Waals surface area contributed by atoms with Crippen molar-refractivity contribution in [1.29, 1.82) is 0 Å². The summed E-state index contributed by atoms with van der Waals surface area (Å²) >= 11 is 0. The van der Waals surface area contributed by atoms with Crippen molar-refractivity contribution < 1.29 is 40.4 Å². The van der Waals surface area contributed by atoms with Gasteiger partial charge in [-0.15, -0.1) is 0 Å². The Morgan fingerprint density at radius 1 is 1.17 bits per heavy atom. The summed E-state index contributed by atoms with van der Waals surface area (Å²) in [6.45, 7) is 3.52. The molecule has 1 aliphatic rings. The van der Waals surface area contributed by atoms with E-state index in [-0.39, 0.29) is 31.9 Å². The molecule has 8 heteroatoms. The van der Waals surface area contributed by atoms with Gasteiger partial charge in [-0.3, -0.25) is 0 Å².